The Morgan fingerprint density at radius 3 is 2.43 bits per heavy atom. The summed E-state index contributed by atoms with van der Waals surface area (Å²) in [5.41, 5.74) is 0.979. The van der Waals surface area contributed by atoms with Gasteiger partial charge < -0.3 is 20.1 Å². The Balaban J connectivity index is 2.11. The lowest BCUT2D eigenvalue weighted by atomic mass is 10.0. The third-order valence-corrected chi connectivity index (χ3v) is 6.12. The molecule has 0 aliphatic carbocycles. The van der Waals surface area contributed by atoms with Crippen molar-refractivity contribution in [3.8, 4) is 0 Å². The van der Waals surface area contributed by atoms with Gasteiger partial charge >= 0.3 is 24.0 Å². The molecule has 3 N–H and O–H groups in total. The molecule has 3 atom stereocenters. The van der Waals surface area contributed by atoms with Gasteiger partial charge in [-0.25, -0.2) is 4.79 Å². The number of carboxylic acid groups (broad SMARTS) is 1. The molecule has 1 aromatic rings. The van der Waals surface area contributed by atoms with Gasteiger partial charge in [-0.3, -0.25) is 19.7 Å². The third-order valence-electron chi connectivity index (χ3n) is 6.12. The quantitative estimate of drug-likeness (QED) is 0.250. The largest absolute Gasteiger partial charge is 0.480 e. The fraction of sp³-hybridized carbons (Fsp3) is 0.600. The first-order chi connectivity index (χ1) is 17.5. The highest BCUT2D eigenvalue weighted by molar-refractivity contribution is 5.88. The number of carbonyl (C=O) groups is 4. The number of ether oxygens (including phenoxy) is 1. The summed E-state index contributed by atoms with van der Waals surface area (Å²) in [6.45, 7) is 1.80. The number of aliphatic carboxylic acids is 1. The molecular formula is C25H34F3N3O6. The second-order valence-corrected chi connectivity index (χ2v) is 8.83. The number of amides is 2. The summed E-state index contributed by atoms with van der Waals surface area (Å²) >= 11 is 0. The van der Waals surface area contributed by atoms with E-state index in [0.29, 0.717) is 25.7 Å². The van der Waals surface area contributed by atoms with Gasteiger partial charge in [-0.1, -0.05) is 30.3 Å². The number of halogens is 3. The van der Waals surface area contributed by atoms with E-state index >= 15 is 0 Å². The molecule has 1 aliphatic rings. The Hall–Kier alpha value is -3.15. The molecule has 0 unspecified atom stereocenters. The lowest BCUT2D eigenvalue weighted by Crippen LogP contribution is -2.54. The predicted octanol–water partition coefficient (Wildman–Crippen LogP) is 2.43. The second kappa shape index (κ2) is 14.6. The Labute approximate surface area is 213 Å². The minimum Gasteiger partial charge on any atom is -0.480 e. The van der Waals surface area contributed by atoms with Crippen molar-refractivity contribution in [1.82, 2.24) is 15.5 Å². The number of hydrogen-bond donors (Lipinski definition) is 3. The highest BCUT2D eigenvalue weighted by Gasteiger charge is 2.39. The molecule has 37 heavy (non-hydrogen) atoms. The zero-order valence-corrected chi connectivity index (χ0v) is 20.8. The fourth-order valence-electron chi connectivity index (χ4n) is 4.25. The zero-order valence-electron chi connectivity index (χ0n) is 20.8. The van der Waals surface area contributed by atoms with Gasteiger partial charge in [0.1, 0.15) is 12.1 Å². The van der Waals surface area contributed by atoms with Crippen LogP contribution in [-0.4, -0.2) is 77.8 Å². The van der Waals surface area contributed by atoms with E-state index in [-0.39, 0.29) is 39.0 Å². The summed E-state index contributed by atoms with van der Waals surface area (Å²) in [4.78, 5) is 50.0. The molecule has 2 rings (SSSR count). The van der Waals surface area contributed by atoms with E-state index in [2.05, 4.69) is 5.32 Å². The van der Waals surface area contributed by atoms with Gasteiger partial charge in [-0.15, -0.1) is 0 Å². The predicted molar refractivity (Wildman–Crippen MR) is 127 cm³/mol. The molecule has 1 aromatic carbocycles. The van der Waals surface area contributed by atoms with Gasteiger partial charge in [0.15, 0.2) is 0 Å². The van der Waals surface area contributed by atoms with E-state index in [1.807, 2.05) is 30.3 Å². The molecule has 1 aliphatic heterocycles. The highest BCUT2D eigenvalue weighted by Crippen LogP contribution is 2.21. The number of benzene rings is 1. The van der Waals surface area contributed by atoms with Gasteiger partial charge in [0.05, 0.1) is 12.6 Å². The number of carboxylic acids is 1. The number of nitrogens with zero attached hydrogens (tertiary/aromatic N) is 1. The monoisotopic (exact) mass is 529 g/mol. The van der Waals surface area contributed by atoms with Crippen LogP contribution < -0.4 is 10.6 Å². The van der Waals surface area contributed by atoms with E-state index in [4.69, 9.17) is 4.74 Å². The molecule has 9 nitrogen and oxygen atoms in total. The summed E-state index contributed by atoms with van der Waals surface area (Å²) in [5, 5.41) is 14.3. The number of hydrogen-bond acceptors (Lipinski definition) is 6. The van der Waals surface area contributed by atoms with E-state index in [0.717, 1.165) is 5.56 Å². The number of aryl methyl sites for hydroxylation is 1. The minimum atomic E-state index is -4.98. The van der Waals surface area contributed by atoms with Crippen molar-refractivity contribution in [2.45, 2.75) is 76.2 Å². The number of likely N-dealkylation sites (tertiary alicyclic amines) is 1. The van der Waals surface area contributed by atoms with Crippen LogP contribution in [-0.2, 0) is 30.3 Å². The first-order valence-electron chi connectivity index (χ1n) is 12.4. The maximum atomic E-state index is 13.4. The zero-order chi connectivity index (χ0) is 27.4. The van der Waals surface area contributed by atoms with Gasteiger partial charge in [0.25, 0.3) is 0 Å². The smallest absolute Gasteiger partial charge is 0.471 e. The number of alkyl halides is 3. The summed E-state index contributed by atoms with van der Waals surface area (Å²) in [7, 11) is 0. The number of unbranched alkanes of at least 4 members (excludes halogenated alkanes) is 1. The standard InChI is InChI=1S/C25H34F3N3O6/c1-2-37-23(35)19(14-13-17-9-4-3-5-10-17)30-18(11-6-7-15-29-24(36)25(26,27)28)21(32)31-16-8-12-20(31)22(33)34/h3-5,9-10,18-20,30H,2,6-8,11-16H2,1H3,(H,29,36)(H,33,34)/t18-,19+,20+/m1/s1. The van der Waals surface area contributed by atoms with Gasteiger partial charge in [0.2, 0.25) is 5.91 Å². The van der Waals surface area contributed by atoms with Crippen molar-refractivity contribution in [2.75, 3.05) is 19.7 Å². The molecule has 0 saturated carbocycles. The highest BCUT2D eigenvalue weighted by atomic mass is 19.4. The maximum Gasteiger partial charge on any atom is 0.471 e. The van der Waals surface area contributed by atoms with Gasteiger partial charge in [-0.2, -0.15) is 13.2 Å². The fourth-order valence-corrected chi connectivity index (χ4v) is 4.25. The number of esters is 1. The molecule has 1 saturated heterocycles. The van der Waals surface area contributed by atoms with Crippen LogP contribution >= 0.6 is 0 Å². The molecule has 1 heterocycles. The van der Waals surface area contributed by atoms with Gasteiger partial charge in [-0.05, 0) is 57.4 Å². The third kappa shape index (κ3) is 9.67. The van der Waals surface area contributed by atoms with Crippen molar-refractivity contribution in [3.05, 3.63) is 35.9 Å². The number of carbonyl (C=O) groups excluding carboxylic acids is 3. The van der Waals surface area contributed by atoms with Crippen LogP contribution in [0.2, 0.25) is 0 Å². The average molecular weight is 530 g/mol. The first-order valence-corrected chi connectivity index (χ1v) is 12.4. The van der Waals surface area contributed by atoms with Crippen LogP contribution in [0.25, 0.3) is 0 Å². The Morgan fingerprint density at radius 2 is 1.81 bits per heavy atom. The molecule has 0 spiro atoms. The summed E-state index contributed by atoms with van der Waals surface area (Å²) < 4.78 is 42.3. The average Bonchev–Trinajstić information content (AvgIpc) is 3.35. The summed E-state index contributed by atoms with van der Waals surface area (Å²) in [5.74, 6) is -4.20. The Bertz CT molecular complexity index is 913. The normalized spacial score (nSPS) is 17.2. The summed E-state index contributed by atoms with van der Waals surface area (Å²) in [6, 6.07) is 6.62. The molecule has 0 radical (unpaired) electrons. The van der Waals surface area contributed by atoms with Crippen LogP contribution in [0.5, 0.6) is 0 Å². The first kappa shape index (κ1) is 30.1. The number of nitrogens with one attached hydrogen (secondary N) is 2. The topological polar surface area (TPSA) is 125 Å². The van der Waals surface area contributed by atoms with E-state index in [9.17, 15) is 37.5 Å². The Morgan fingerprint density at radius 1 is 1.11 bits per heavy atom. The van der Waals surface area contributed by atoms with E-state index in [1.165, 1.54) is 4.90 Å². The van der Waals surface area contributed by atoms with Crippen LogP contribution in [0.1, 0.15) is 51.0 Å². The van der Waals surface area contributed by atoms with Crippen molar-refractivity contribution < 1.29 is 42.2 Å². The van der Waals surface area contributed by atoms with E-state index in [1.54, 1.807) is 12.2 Å². The molecule has 1 fully saturated rings. The van der Waals surface area contributed by atoms with Crippen molar-refractivity contribution in [1.29, 1.82) is 0 Å². The van der Waals surface area contributed by atoms with Crippen molar-refractivity contribution >= 4 is 23.8 Å². The van der Waals surface area contributed by atoms with Crippen LogP contribution in [0.3, 0.4) is 0 Å². The van der Waals surface area contributed by atoms with Crippen LogP contribution in [0, 0.1) is 0 Å². The molecule has 2 amide bonds. The molecule has 12 heteroatoms. The second-order valence-electron chi connectivity index (χ2n) is 8.83. The van der Waals surface area contributed by atoms with E-state index < -0.39 is 48.1 Å². The van der Waals surface area contributed by atoms with Gasteiger partial charge in [0, 0.05) is 13.1 Å². The van der Waals surface area contributed by atoms with Crippen LogP contribution in [0.15, 0.2) is 30.3 Å². The van der Waals surface area contributed by atoms with Crippen molar-refractivity contribution in [3.63, 3.8) is 0 Å². The lowest BCUT2D eigenvalue weighted by Gasteiger charge is -2.30. The summed E-state index contributed by atoms with van der Waals surface area (Å²) in [6.07, 6.45) is -2.77. The lowest BCUT2D eigenvalue weighted by molar-refractivity contribution is -0.173. The molecule has 0 bridgehead atoms. The minimum absolute atomic E-state index is 0.130. The Kier molecular flexibility index (Phi) is 11.8. The SMILES string of the molecule is CCOC(=O)[C@H](CCc1ccccc1)N[C@H](CCCCNC(=O)C(F)(F)F)C(=O)N1CCC[C@H]1C(=O)O. The molecular weight excluding hydrogens is 495 g/mol. The van der Waals surface area contributed by atoms with Crippen LogP contribution in [0.4, 0.5) is 13.2 Å². The maximum absolute atomic E-state index is 13.4. The number of rotatable bonds is 14. The molecule has 0 aromatic heterocycles. The molecule has 206 valence electrons. The van der Waals surface area contributed by atoms with Crippen molar-refractivity contribution in [2.24, 2.45) is 0 Å².